The van der Waals surface area contributed by atoms with E-state index in [9.17, 15) is 4.79 Å². The topological polar surface area (TPSA) is 78.1 Å². The number of halogens is 2. The Balaban J connectivity index is 0.00000204. The van der Waals surface area contributed by atoms with Crippen molar-refractivity contribution in [2.45, 2.75) is 40.2 Å². The molecule has 5 nitrogen and oxygen atoms in total. The molecule has 2 N–H and O–H groups in total. The highest BCUT2D eigenvalue weighted by Crippen LogP contribution is 2.36. The van der Waals surface area contributed by atoms with Crippen LogP contribution in [0.25, 0.3) is 32.6 Å². The van der Waals surface area contributed by atoms with Crippen LogP contribution < -0.4 is 5.73 Å². The van der Waals surface area contributed by atoms with Crippen LogP contribution in [0.1, 0.15) is 47.6 Å². The van der Waals surface area contributed by atoms with Gasteiger partial charge in [-0.1, -0.05) is 43.2 Å². The van der Waals surface area contributed by atoms with Gasteiger partial charge in [-0.2, -0.15) is 0 Å². The molecule has 0 amide bonds. The van der Waals surface area contributed by atoms with Crippen LogP contribution in [-0.2, 0) is 17.7 Å². The largest absolute Gasteiger partial charge is 0.461 e. The van der Waals surface area contributed by atoms with Gasteiger partial charge >= 0.3 is 5.97 Å². The van der Waals surface area contributed by atoms with Gasteiger partial charge in [0, 0.05) is 28.6 Å². The summed E-state index contributed by atoms with van der Waals surface area (Å²) in [5.41, 5.74) is 14.1. The quantitative estimate of drug-likeness (QED) is 0.273. The Kier molecular flexibility index (Phi) is 10.0. The fourth-order valence-electron chi connectivity index (χ4n) is 3.91. The highest BCUT2D eigenvalue weighted by Gasteiger charge is 2.18. The van der Waals surface area contributed by atoms with Crippen molar-refractivity contribution in [1.82, 2.24) is 9.97 Å². The lowest BCUT2D eigenvalue weighted by Gasteiger charge is -2.17. The number of aryl methyl sites for hydroxylation is 2. The van der Waals surface area contributed by atoms with Gasteiger partial charge in [0.2, 0.25) is 0 Å². The van der Waals surface area contributed by atoms with Crippen LogP contribution >= 0.6 is 36.2 Å². The van der Waals surface area contributed by atoms with Crippen molar-refractivity contribution in [3.8, 4) is 21.7 Å². The van der Waals surface area contributed by atoms with E-state index in [1.54, 1.807) is 12.3 Å². The lowest BCUT2D eigenvalue weighted by molar-refractivity contribution is 0.0520. The van der Waals surface area contributed by atoms with Gasteiger partial charge in [0.05, 0.1) is 12.1 Å². The molecule has 4 rings (SSSR count). The molecule has 4 aromatic rings. The number of fused-ring (bicyclic) bond motifs is 1. The summed E-state index contributed by atoms with van der Waals surface area (Å²) in [6.07, 6.45) is 1.89. The van der Waals surface area contributed by atoms with E-state index >= 15 is 0 Å². The summed E-state index contributed by atoms with van der Waals surface area (Å²) in [5, 5.41) is 3.56. The Labute approximate surface area is 216 Å². The van der Waals surface area contributed by atoms with Crippen molar-refractivity contribution in [2.75, 3.05) is 6.61 Å². The number of thiazole rings is 1. The number of benzene rings is 2. The minimum absolute atomic E-state index is 0. The lowest BCUT2D eigenvalue weighted by Crippen LogP contribution is -2.07. The summed E-state index contributed by atoms with van der Waals surface area (Å²) in [4.78, 5) is 21.5. The second-order valence-corrected chi connectivity index (χ2v) is 8.58. The van der Waals surface area contributed by atoms with Gasteiger partial charge in [0.15, 0.2) is 5.69 Å². The van der Waals surface area contributed by atoms with Crippen molar-refractivity contribution in [3.05, 3.63) is 70.4 Å². The number of aromatic nitrogens is 2. The van der Waals surface area contributed by atoms with Gasteiger partial charge in [-0.05, 0) is 55.2 Å². The molecule has 0 aliphatic rings. The van der Waals surface area contributed by atoms with Gasteiger partial charge < -0.3 is 10.5 Å². The average molecular weight is 519 g/mol. The maximum Gasteiger partial charge on any atom is 0.357 e. The normalized spacial score (nSPS) is 10.5. The highest BCUT2D eigenvalue weighted by atomic mass is 35.5. The Morgan fingerprint density at radius 1 is 1.03 bits per heavy atom. The van der Waals surface area contributed by atoms with E-state index in [-0.39, 0.29) is 24.8 Å². The summed E-state index contributed by atoms with van der Waals surface area (Å²) >= 11 is 1.43. The van der Waals surface area contributed by atoms with Crippen LogP contribution in [0, 0.1) is 6.92 Å². The van der Waals surface area contributed by atoms with Crippen LogP contribution in [0.2, 0.25) is 0 Å². The predicted octanol–water partition coefficient (Wildman–Crippen LogP) is 6.77. The molecular formula is C26H29Cl2N3O2S. The molecule has 0 saturated carbocycles. The molecule has 2 aromatic heterocycles. The van der Waals surface area contributed by atoms with Gasteiger partial charge in [-0.25, -0.2) is 9.78 Å². The number of esters is 1. The summed E-state index contributed by atoms with van der Waals surface area (Å²) in [5.74, 6) is -0.396. The minimum Gasteiger partial charge on any atom is -0.461 e. The van der Waals surface area contributed by atoms with E-state index in [1.165, 1.54) is 16.9 Å². The van der Waals surface area contributed by atoms with Gasteiger partial charge in [0.1, 0.15) is 5.01 Å². The van der Waals surface area contributed by atoms with Crippen LogP contribution in [0.3, 0.4) is 0 Å². The highest BCUT2D eigenvalue weighted by molar-refractivity contribution is 7.13. The third-order valence-corrected chi connectivity index (χ3v) is 6.33. The van der Waals surface area contributed by atoms with E-state index in [0.29, 0.717) is 18.8 Å². The van der Waals surface area contributed by atoms with Gasteiger partial charge in [-0.15, -0.1) is 36.2 Å². The number of hydrogen-bond acceptors (Lipinski definition) is 6. The smallest absolute Gasteiger partial charge is 0.357 e. The lowest BCUT2D eigenvalue weighted by atomic mass is 9.92. The molecule has 8 heteroatoms. The molecule has 0 aliphatic heterocycles. The molecule has 34 heavy (non-hydrogen) atoms. The summed E-state index contributed by atoms with van der Waals surface area (Å²) in [6.45, 7) is 6.79. The molecule has 0 fully saturated rings. The first-order chi connectivity index (χ1) is 15.5. The van der Waals surface area contributed by atoms with Crippen LogP contribution in [0.5, 0.6) is 0 Å². The Bertz CT molecular complexity index is 1270. The molecule has 0 radical (unpaired) electrons. The fraction of sp³-hybridized carbons (Fsp3) is 0.269. The molecule has 180 valence electrons. The number of hydrogen-bond donors (Lipinski definition) is 1. The fourth-order valence-corrected chi connectivity index (χ4v) is 4.69. The van der Waals surface area contributed by atoms with Crippen LogP contribution in [0.15, 0.2) is 47.8 Å². The number of carbonyl (C=O) groups excluding carboxylic acids is 1. The standard InChI is InChI=1S/C26H27N3O2S.2ClH/c1-4-6-21-20(14-27)24(17-9-7-16(3)8-10-17)19-13-18(11-12-22(19)28-21)25-29-23(15-32-25)26(30)31-5-2;;/h7-13,15H,4-6,14,27H2,1-3H3;2*1H. The van der Waals surface area contributed by atoms with E-state index in [1.807, 2.05) is 12.1 Å². The average Bonchev–Trinajstić information content (AvgIpc) is 3.29. The SMILES string of the molecule is CCCc1nc2ccc(-c3nc(C(=O)OCC)cs3)cc2c(-c2ccc(C)cc2)c1CN.Cl.Cl. The summed E-state index contributed by atoms with van der Waals surface area (Å²) in [6, 6.07) is 14.7. The van der Waals surface area contributed by atoms with Crippen molar-refractivity contribution < 1.29 is 9.53 Å². The Morgan fingerprint density at radius 3 is 2.38 bits per heavy atom. The molecule has 0 spiro atoms. The minimum atomic E-state index is -0.396. The zero-order valence-electron chi connectivity index (χ0n) is 19.5. The van der Waals surface area contributed by atoms with Crippen molar-refractivity contribution >= 4 is 53.0 Å². The first kappa shape index (κ1) is 27.7. The summed E-state index contributed by atoms with van der Waals surface area (Å²) in [7, 11) is 0. The number of carbonyl (C=O) groups is 1. The number of rotatable bonds is 7. The first-order valence-corrected chi connectivity index (χ1v) is 11.8. The van der Waals surface area contributed by atoms with Gasteiger partial charge in [-0.3, -0.25) is 4.98 Å². The number of pyridine rings is 1. The summed E-state index contributed by atoms with van der Waals surface area (Å²) < 4.78 is 5.08. The van der Waals surface area contributed by atoms with E-state index < -0.39 is 5.97 Å². The van der Waals surface area contributed by atoms with E-state index in [4.69, 9.17) is 15.5 Å². The maximum atomic E-state index is 12.0. The van der Waals surface area contributed by atoms with Crippen molar-refractivity contribution in [2.24, 2.45) is 5.73 Å². The third-order valence-electron chi connectivity index (χ3n) is 5.44. The first-order valence-electron chi connectivity index (χ1n) is 10.9. The number of ether oxygens (including phenoxy) is 1. The van der Waals surface area contributed by atoms with Crippen LogP contribution in [0.4, 0.5) is 0 Å². The molecule has 2 heterocycles. The third kappa shape index (κ3) is 5.58. The Hall–Kier alpha value is -2.51. The molecule has 0 aliphatic carbocycles. The molecular weight excluding hydrogens is 489 g/mol. The van der Waals surface area contributed by atoms with Gasteiger partial charge in [0.25, 0.3) is 0 Å². The maximum absolute atomic E-state index is 12.0. The van der Waals surface area contributed by atoms with E-state index in [2.05, 4.69) is 49.2 Å². The predicted molar refractivity (Wildman–Crippen MR) is 145 cm³/mol. The molecule has 0 bridgehead atoms. The molecule has 0 unspecified atom stereocenters. The number of nitrogens with zero attached hydrogens (tertiary/aromatic N) is 2. The zero-order chi connectivity index (χ0) is 22.7. The second-order valence-electron chi connectivity index (χ2n) is 7.72. The van der Waals surface area contributed by atoms with Crippen molar-refractivity contribution in [1.29, 1.82) is 0 Å². The van der Waals surface area contributed by atoms with Crippen LogP contribution in [-0.4, -0.2) is 22.5 Å². The number of nitrogens with two attached hydrogens (primary N) is 1. The second kappa shape index (κ2) is 12.3. The molecule has 2 aromatic carbocycles. The van der Waals surface area contributed by atoms with Crippen molar-refractivity contribution in [3.63, 3.8) is 0 Å². The molecule has 0 atom stereocenters. The monoisotopic (exact) mass is 517 g/mol. The van der Waals surface area contributed by atoms with E-state index in [0.717, 1.165) is 56.7 Å². The molecule has 0 saturated heterocycles. The zero-order valence-corrected chi connectivity index (χ0v) is 21.9. The Morgan fingerprint density at radius 2 is 1.74 bits per heavy atom.